The molecule has 0 saturated heterocycles. The van der Waals surface area contributed by atoms with E-state index in [1.807, 2.05) is 19.1 Å². The molecule has 0 bridgehead atoms. The lowest BCUT2D eigenvalue weighted by Gasteiger charge is -2.15. The van der Waals surface area contributed by atoms with Crippen LogP contribution >= 0.6 is 0 Å². The second kappa shape index (κ2) is 12.1. The summed E-state index contributed by atoms with van der Waals surface area (Å²) in [4.78, 5) is 24.7. The van der Waals surface area contributed by atoms with Gasteiger partial charge in [-0.1, -0.05) is 49.4 Å². The molecule has 0 spiro atoms. The van der Waals surface area contributed by atoms with Gasteiger partial charge >= 0.3 is 18.2 Å². The van der Waals surface area contributed by atoms with Crippen molar-refractivity contribution in [2.45, 2.75) is 19.5 Å². The van der Waals surface area contributed by atoms with Gasteiger partial charge < -0.3 is 21.1 Å². The number of pyridine rings is 1. The average molecular weight is 589 g/mol. The number of urea groups is 1. The van der Waals surface area contributed by atoms with Gasteiger partial charge in [0.1, 0.15) is 17.4 Å². The van der Waals surface area contributed by atoms with Gasteiger partial charge in [-0.05, 0) is 53.4 Å². The number of halogens is 4. The summed E-state index contributed by atoms with van der Waals surface area (Å²) in [5.41, 5.74) is 8.30. The Labute approximate surface area is 243 Å². The van der Waals surface area contributed by atoms with Crippen LogP contribution in [0, 0.1) is 5.82 Å². The zero-order valence-corrected chi connectivity index (χ0v) is 22.6. The molecule has 2 aromatic heterocycles. The normalized spacial score (nSPS) is 11.2. The number of hydrogen-bond donors (Lipinski definition) is 3. The molecule has 3 aromatic carbocycles. The molecule has 5 aromatic rings. The molecule has 0 atom stereocenters. The Hall–Kier alpha value is -5.52. The number of aryl methyl sites for hydroxylation is 1. The summed E-state index contributed by atoms with van der Waals surface area (Å²) in [6.45, 7) is 2.00. The van der Waals surface area contributed by atoms with Crippen LogP contribution in [0.4, 0.5) is 39.5 Å². The van der Waals surface area contributed by atoms with Gasteiger partial charge in [0.2, 0.25) is 0 Å². The lowest BCUT2D eigenvalue weighted by molar-refractivity contribution is -0.137. The molecule has 8 nitrogen and oxygen atoms in total. The standard InChI is InChI=1S/C31H24F4N6O2/c1-2-18-3-5-19(6-4-18)25-12-9-21(31(33,34)35)13-27(25)41-29(42)40-23-16-38-30(39-17-23)43-24-10-7-20(8-11-24)26-14-22(32)15-37-28(26)36/h3-17H,2H2,1H3,(H2,36,37)(H2,40,41,42). The highest BCUT2D eigenvalue weighted by Crippen LogP contribution is 2.36. The number of alkyl halides is 3. The summed E-state index contributed by atoms with van der Waals surface area (Å²) in [6, 6.07) is 17.6. The van der Waals surface area contributed by atoms with Crippen LogP contribution in [0.5, 0.6) is 11.8 Å². The third-order valence-corrected chi connectivity index (χ3v) is 6.41. The summed E-state index contributed by atoms with van der Waals surface area (Å²) >= 11 is 0. The van der Waals surface area contributed by atoms with E-state index < -0.39 is 23.6 Å². The van der Waals surface area contributed by atoms with Gasteiger partial charge in [-0.15, -0.1) is 0 Å². The number of amides is 2. The molecule has 2 amide bonds. The average Bonchev–Trinajstić information content (AvgIpc) is 2.99. The molecule has 12 heteroatoms. The summed E-state index contributed by atoms with van der Waals surface area (Å²) in [7, 11) is 0. The van der Waals surface area contributed by atoms with Crippen LogP contribution in [-0.2, 0) is 12.6 Å². The minimum atomic E-state index is -4.59. The number of nitrogen functional groups attached to an aromatic ring is 1. The maximum absolute atomic E-state index is 13.6. The van der Waals surface area contributed by atoms with Crippen LogP contribution in [-0.4, -0.2) is 21.0 Å². The summed E-state index contributed by atoms with van der Waals surface area (Å²) in [6.07, 6.45) is -0.183. The highest BCUT2D eigenvalue weighted by atomic mass is 19.4. The predicted molar refractivity (Wildman–Crippen MR) is 155 cm³/mol. The van der Waals surface area contributed by atoms with Gasteiger partial charge in [0.05, 0.1) is 35.5 Å². The minimum absolute atomic E-state index is 0.0170. The number of carbonyl (C=O) groups is 1. The maximum atomic E-state index is 13.6. The number of nitrogens with zero attached hydrogens (tertiary/aromatic N) is 3. The molecule has 0 saturated carbocycles. The lowest BCUT2D eigenvalue weighted by Crippen LogP contribution is -2.20. The Morgan fingerprint density at radius 3 is 2.14 bits per heavy atom. The molecule has 2 heterocycles. The molecular formula is C31H24F4N6O2. The predicted octanol–water partition coefficient (Wildman–Crippen LogP) is 7.94. The van der Waals surface area contributed by atoms with E-state index in [1.54, 1.807) is 36.4 Å². The van der Waals surface area contributed by atoms with E-state index in [-0.39, 0.29) is 23.2 Å². The SMILES string of the molecule is CCc1ccc(-c2ccc(C(F)(F)F)cc2NC(=O)Nc2cnc(Oc3ccc(-c4cc(F)cnc4N)cc3)nc2)cc1. The van der Waals surface area contributed by atoms with Gasteiger partial charge in [0.25, 0.3) is 0 Å². The molecular weight excluding hydrogens is 564 g/mol. The fourth-order valence-corrected chi connectivity index (χ4v) is 4.20. The topological polar surface area (TPSA) is 115 Å². The smallest absolute Gasteiger partial charge is 0.416 e. The maximum Gasteiger partial charge on any atom is 0.416 e. The van der Waals surface area contributed by atoms with Crippen LogP contribution in [0.2, 0.25) is 0 Å². The summed E-state index contributed by atoms with van der Waals surface area (Å²) in [5, 5.41) is 5.02. The molecule has 218 valence electrons. The molecule has 5 rings (SSSR count). The number of hydrogen-bond acceptors (Lipinski definition) is 6. The third kappa shape index (κ3) is 7.04. The van der Waals surface area contributed by atoms with Crippen molar-refractivity contribution in [3.05, 3.63) is 108 Å². The number of nitrogens with one attached hydrogen (secondary N) is 2. The first kappa shape index (κ1) is 29.0. The first-order valence-electron chi connectivity index (χ1n) is 13.0. The highest BCUT2D eigenvalue weighted by Gasteiger charge is 2.31. The van der Waals surface area contributed by atoms with E-state index in [0.29, 0.717) is 28.0 Å². The Kier molecular flexibility index (Phi) is 8.19. The number of carbonyl (C=O) groups excluding carboxylic acids is 1. The van der Waals surface area contributed by atoms with Crippen molar-refractivity contribution in [3.63, 3.8) is 0 Å². The number of anilines is 3. The van der Waals surface area contributed by atoms with Crippen molar-refractivity contribution in [3.8, 4) is 34.0 Å². The Balaban J connectivity index is 1.27. The van der Waals surface area contributed by atoms with E-state index >= 15 is 0 Å². The van der Waals surface area contributed by atoms with Gasteiger partial charge in [0.15, 0.2) is 0 Å². The summed E-state index contributed by atoms with van der Waals surface area (Å²) < 4.78 is 59.5. The lowest BCUT2D eigenvalue weighted by atomic mass is 9.99. The number of rotatable bonds is 7. The van der Waals surface area contributed by atoms with Gasteiger partial charge in [-0.25, -0.2) is 24.1 Å². The Bertz CT molecular complexity index is 1740. The summed E-state index contributed by atoms with van der Waals surface area (Å²) in [5.74, 6) is 0.0481. The minimum Gasteiger partial charge on any atom is -0.424 e. The second-order valence-electron chi connectivity index (χ2n) is 9.35. The second-order valence-corrected chi connectivity index (χ2v) is 9.35. The van der Waals surface area contributed by atoms with E-state index in [2.05, 4.69) is 25.6 Å². The van der Waals surface area contributed by atoms with Crippen molar-refractivity contribution < 1.29 is 27.1 Å². The van der Waals surface area contributed by atoms with Crippen molar-refractivity contribution in [1.29, 1.82) is 0 Å². The number of aromatic nitrogens is 3. The van der Waals surface area contributed by atoms with Crippen LogP contribution in [0.1, 0.15) is 18.1 Å². The number of nitrogens with two attached hydrogens (primary N) is 1. The quantitative estimate of drug-likeness (QED) is 0.166. The molecule has 0 unspecified atom stereocenters. The molecule has 0 radical (unpaired) electrons. The first-order valence-corrected chi connectivity index (χ1v) is 13.0. The monoisotopic (exact) mass is 588 g/mol. The Morgan fingerprint density at radius 2 is 1.49 bits per heavy atom. The van der Waals surface area contributed by atoms with E-state index in [4.69, 9.17) is 10.5 Å². The van der Waals surface area contributed by atoms with Gasteiger partial charge in [0, 0.05) is 11.1 Å². The highest BCUT2D eigenvalue weighted by molar-refractivity contribution is 6.02. The fraction of sp³-hybridized carbons (Fsp3) is 0.0968. The van der Waals surface area contributed by atoms with Gasteiger partial charge in [-0.2, -0.15) is 13.2 Å². The van der Waals surface area contributed by atoms with Crippen molar-refractivity contribution in [2.24, 2.45) is 0 Å². The van der Waals surface area contributed by atoms with Crippen molar-refractivity contribution in [2.75, 3.05) is 16.4 Å². The first-order chi connectivity index (χ1) is 20.6. The fourth-order valence-electron chi connectivity index (χ4n) is 4.20. The van der Waals surface area contributed by atoms with Crippen molar-refractivity contribution in [1.82, 2.24) is 15.0 Å². The van der Waals surface area contributed by atoms with Crippen LogP contribution in [0.25, 0.3) is 22.3 Å². The van der Waals surface area contributed by atoms with E-state index in [9.17, 15) is 22.4 Å². The third-order valence-electron chi connectivity index (χ3n) is 6.41. The Morgan fingerprint density at radius 1 is 0.837 bits per heavy atom. The molecule has 43 heavy (non-hydrogen) atoms. The molecule has 0 aliphatic heterocycles. The van der Waals surface area contributed by atoms with Crippen LogP contribution in [0.3, 0.4) is 0 Å². The zero-order chi connectivity index (χ0) is 30.6. The zero-order valence-electron chi connectivity index (χ0n) is 22.6. The molecule has 4 N–H and O–H groups in total. The van der Waals surface area contributed by atoms with E-state index in [1.165, 1.54) is 24.5 Å². The van der Waals surface area contributed by atoms with Gasteiger partial charge in [-0.3, -0.25) is 0 Å². The van der Waals surface area contributed by atoms with E-state index in [0.717, 1.165) is 30.3 Å². The molecule has 0 fully saturated rings. The number of ether oxygens (including phenoxy) is 1. The van der Waals surface area contributed by atoms with Crippen LogP contribution in [0.15, 0.2) is 91.4 Å². The van der Waals surface area contributed by atoms with Crippen molar-refractivity contribution >= 4 is 23.2 Å². The molecule has 0 aliphatic rings. The largest absolute Gasteiger partial charge is 0.424 e. The number of benzene rings is 3. The van der Waals surface area contributed by atoms with Crippen LogP contribution < -0.4 is 21.1 Å². The molecule has 0 aliphatic carbocycles.